The van der Waals surface area contributed by atoms with E-state index in [0.717, 1.165) is 0 Å². The van der Waals surface area contributed by atoms with Gasteiger partial charge in [-0.15, -0.1) is 11.3 Å². The van der Waals surface area contributed by atoms with Crippen LogP contribution in [0.25, 0.3) is 0 Å². The van der Waals surface area contributed by atoms with Gasteiger partial charge in [0.2, 0.25) is 0 Å². The Morgan fingerprint density at radius 2 is 2.38 bits per heavy atom. The molecule has 78 valence electrons. The zero-order valence-corrected chi connectivity index (χ0v) is 8.99. The molecule has 0 aromatic carbocycles. The lowest BCUT2D eigenvalue weighted by atomic mass is 10.3. The van der Waals surface area contributed by atoms with Crippen LogP contribution in [0.1, 0.15) is 15.2 Å². The lowest BCUT2D eigenvalue weighted by Gasteiger charge is -2.02. The minimum atomic E-state index is -0.188. The summed E-state index contributed by atoms with van der Waals surface area (Å²) in [6.45, 7) is 0. The summed E-state index contributed by atoms with van der Waals surface area (Å²) in [7, 11) is 0. The van der Waals surface area contributed by atoms with E-state index in [1.54, 1.807) is 12.1 Å². The van der Waals surface area contributed by atoms with Gasteiger partial charge in [-0.2, -0.15) is 5.26 Å². The molecule has 1 amide bonds. The second-order valence-electron chi connectivity index (χ2n) is 3.01. The van der Waals surface area contributed by atoms with Crippen molar-refractivity contribution >= 4 is 22.9 Å². The van der Waals surface area contributed by atoms with Gasteiger partial charge in [0.15, 0.2) is 0 Å². The van der Waals surface area contributed by atoms with Crippen molar-refractivity contribution in [1.82, 2.24) is 4.98 Å². The Morgan fingerprint density at radius 1 is 1.50 bits per heavy atom. The number of hydrogen-bond donors (Lipinski definition) is 1. The predicted octanol–water partition coefficient (Wildman–Crippen LogP) is 2.27. The molecule has 0 unspecified atom stereocenters. The average molecular weight is 229 g/mol. The molecule has 2 rings (SSSR count). The third-order valence-electron chi connectivity index (χ3n) is 1.87. The SMILES string of the molecule is N#Cc1cncc(NC(=O)c2cccs2)c1. The van der Waals surface area contributed by atoms with Crippen molar-refractivity contribution in [1.29, 1.82) is 5.26 Å². The van der Waals surface area contributed by atoms with Crippen molar-refractivity contribution < 1.29 is 4.79 Å². The van der Waals surface area contributed by atoms with Crippen LogP contribution in [0.4, 0.5) is 5.69 Å². The number of hydrogen-bond acceptors (Lipinski definition) is 4. The van der Waals surface area contributed by atoms with Crippen LogP contribution in [0.3, 0.4) is 0 Å². The fourth-order valence-electron chi connectivity index (χ4n) is 1.17. The van der Waals surface area contributed by atoms with Crippen LogP contribution in [0.2, 0.25) is 0 Å². The summed E-state index contributed by atoms with van der Waals surface area (Å²) >= 11 is 1.36. The van der Waals surface area contributed by atoms with E-state index in [4.69, 9.17) is 5.26 Å². The Kier molecular flexibility index (Phi) is 2.94. The number of nitrogens with one attached hydrogen (secondary N) is 1. The molecule has 2 heterocycles. The van der Waals surface area contributed by atoms with Gasteiger partial charge in [-0.05, 0) is 17.5 Å². The minimum absolute atomic E-state index is 0.188. The fraction of sp³-hybridized carbons (Fsp3) is 0. The minimum Gasteiger partial charge on any atom is -0.320 e. The van der Waals surface area contributed by atoms with Crippen molar-refractivity contribution in [3.63, 3.8) is 0 Å². The number of anilines is 1. The topological polar surface area (TPSA) is 65.8 Å². The summed E-state index contributed by atoms with van der Waals surface area (Å²) in [5.74, 6) is -0.188. The molecule has 5 heteroatoms. The van der Waals surface area contributed by atoms with E-state index in [0.29, 0.717) is 16.1 Å². The van der Waals surface area contributed by atoms with Gasteiger partial charge < -0.3 is 5.32 Å². The zero-order valence-electron chi connectivity index (χ0n) is 8.18. The number of aromatic nitrogens is 1. The first-order chi connectivity index (χ1) is 7.79. The Labute approximate surface area is 96.2 Å². The fourth-order valence-corrected chi connectivity index (χ4v) is 1.79. The maximum absolute atomic E-state index is 11.7. The molecule has 0 saturated heterocycles. The van der Waals surface area contributed by atoms with Gasteiger partial charge >= 0.3 is 0 Å². The summed E-state index contributed by atoms with van der Waals surface area (Å²) in [4.78, 5) is 16.1. The van der Waals surface area contributed by atoms with Gasteiger partial charge in [0.25, 0.3) is 5.91 Å². The Morgan fingerprint density at radius 3 is 3.06 bits per heavy atom. The van der Waals surface area contributed by atoms with Crippen molar-refractivity contribution in [3.05, 3.63) is 46.4 Å². The number of carbonyl (C=O) groups excluding carboxylic acids is 1. The average Bonchev–Trinajstić information content (AvgIpc) is 2.83. The van der Waals surface area contributed by atoms with E-state index in [2.05, 4.69) is 10.3 Å². The van der Waals surface area contributed by atoms with E-state index in [-0.39, 0.29) is 5.91 Å². The maximum atomic E-state index is 11.7. The highest BCUT2D eigenvalue weighted by Crippen LogP contribution is 2.13. The number of nitriles is 1. The predicted molar refractivity (Wildman–Crippen MR) is 61.2 cm³/mol. The van der Waals surface area contributed by atoms with Crippen LogP contribution < -0.4 is 5.32 Å². The molecule has 0 radical (unpaired) electrons. The van der Waals surface area contributed by atoms with E-state index in [1.807, 2.05) is 17.5 Å². The molecule has 0 atom stereocenters. The van der Waals surface area contributed by atoms with Crippen LogP contribution in [0.15, 0.2) is 36.0 Å². The summed E-state index contributed by atoms with van der Waals surface area (Å²) < 4.78 is 0. The molecule has 0 fully saturated rings. The highest BCUT2D eigenvalue weighted by Gasteiger charge is 2.06. The normalized spacial score (nSPS) is 9.44. The smallest absolute Gasteiger partial charge is 0.265 e. The molecule has 2 aromatic rings. The zero-order chi connectivity index (χ0) is 11.4. The van der Waals surface area contributed by atoms with Crippen LogP contribution >= 0.6 is 11.3 Å². The number of nitrogens with zero attached hydrogens (tertiary/aromatic N) is 2. The number of pyridine rings is 1. The molecule has 0 aliphatic heterocycles. The van der Waals surface area contributed by atoms with Gasteiger partial charge in [-0.1, -0.05) is 6.07 Å². The number of carbonyl (C=O) groups is 1. The van der Waals surface area contributed by atoms with Gasteiger partial charge in [0, 0.05) is 6.20 Å². The molecule has 0 saturated carbocycles. The van der Waals surface area contributed by atoms with Crippen molar-refractivity contribution in [2.75, 3.05) is 5.32 Å². The first-order valence-electron chi connectivity index (χ1n) is 4.49. The highest BCUT2D eigenvalue weighted by molar-refractivity contribution is 7.12. The standard InChI is InChI=1S/C11H7N3OS/c12-5-8-4-9(7-13-6-8)14-11(15)10-2-1-3-16-10/h1-4,6-7H,(H,14,15). The van der Waals surface area contributed by atoms with Crippen LogP contribution in [-0.4, -0.2) is 10.9 Å². The Bertz CT molecular complexity index is 543. The van der Waals surface area contributed by atoms with E-state index >= 15 is 0 Å². The molecule has 2 aromatic heterocycles. The van der Waals surface area contributed by atoms with Gasteiger partial charge in [-0.25, -0.2) is 0 Å². The first-order valence-corrected chi connectivity index (χ1v) is 5.37. The summed E-state index contributed by atoms with van der Waals surface area (Å²) in [6, 6.07) is 7.09. The quantitative estimate of drug-likeness (QED) is 0.859. The number of rotatable bonds is 2. The molecular weight excluding hydrogens is 222 g/mol. The van der Waals surface area contributed by atoms with E-state index in [1.165, 1.54) is 23.7 Å². The Balaban J connectivity index is 2.16. The third-order valence-corrected chi connectivity index (χ3v) is 2.74. The molecule has 0 aliphatic carbocycles. The number of thiophene rings is 1. The lowest BCUT2D eigenvalue weighted by Crippen LogP contribution is -2.10. The first kappa shape index (κ1) is 10.3. The van der Waals surface area contributed by atoms with Crippen molar-refractivity contribution in [2.45, 2.75) is 0 Å². The lowest BCUT2D eigenvalue weighted by molar-refractivity contribution is 0.103. The largest absolute Gasteiger partial charge is 0.320 e. The molecule has 16 heavy (non-hydrogen) atoms. The molecule has 0 spiro atoms. The molecule has 0 aliphatic rings. The van der Waals surface area contributed by atoms with Crippen LogP contribution in [0, 0.1) is 11.3 Å². The second kappa shape index (κ2) is 4.55. The van der Waals surface area contributed by atoms with Gasteiger partial charge in [0.1, 0.15) is 6.07 Å². The van der Waals surface area contributed by atoms with Crippen molar-refractivity contribution in [3.8, 4) is 6.07 Å². The molecule has 1 N–H and O–H groups in total. The van der Waals surface area contributed by atoms with E-state index in [9.17, 15) is 4.79 Å². The Hall–Kier alpha value is -2.19. The summed E-state index contributed by atoms with van der Waals surface area (Å²) in [5.41, 5.74) is 0.946. The molecular formula is C11H7N3OS. The summed E-state index contributed by atoms with van der Waals surface area (Å²) in [6.07, 6.45) is 2.95. The van der Waals surface area contributed by atoms with Gasteiger partial charge in [0.05, 0.1) is 22.3 Å². The molecule has 4 nitrogen and oxygen atoms in total. The van der Waals surface area contributed by atoms with Crippen LogP contribution in [-0.2, 0) is 0 Å². The number of amides is 1. The second-order valence-corrected chi connectivity index (χ2v) is 3.95. The summed E-state index contributed by atoms with van der Waals surface area (Å²) in [5, 5.41) is 13.2. The van der Waals surface area contributed by atoms with Crippen LogP contribution in [0.5, 0.6) is 0 Å². The van der Waals surface area contributed by atoms with Crippen molar-refractivity contribution in [2.24, 2.45) is 0 Å². The molecule has 0 bridgehead atoms. The third kappa shape index (κ3) is 2.24. The van der Waals surface area contributed by atoms with Gasteiger partial charge in [-0.3, -0.25) is 9.78 Å². The highest BCUT2D eigenvalue weighted by atomic mass is 32.1. The monoisotopic (exact) mass is 229 g/mol. The maximum Gasteiger partial charge on any atom is 0.265 e. The van der Waals surface area contributed by atoms with E-state index < -0.39 is 0 Å².